The molecule has 0 radical (unpaired) electrons. The molecule has 3 N–H and O–H groups in total. The summed E-state index contributed by atoms with van der Waals surface area (Å²) in [6.07, 6.45) is 1.84. The molecule has 0 aliphatic heterocycles. The Morgan fingerprint density at radius 1 is 1.28 bits per heavy atom. The van der Waals surface area contributed by atoms with E-state index in [4.69, 9.17) is 5.84 Å². The molecule has 0 bridgehead atoms. The number of nitrogens with one attached hydrogen (secondary N) is 1. The predicted molar refractivity (Wildman–Crippen MR) is 76.7 cm³/mol. The van der Waals surface area contributed by atoms with E-state index in [1.165, 1.54) is 0 Å². The van der Waals surface area contributed by atoms with Crippen molar-refractivity contribution in [3.63, 3.8) is 0 Å². The van der Waals surface area contributed by atoms with E-state index in [0.717, 1.165) is 30.0 Å². The van der Waals surface area contributed by atoms with E-state index in [0.29, 0.717) is 5.82 Å². The van der Waals surface area contributed by atoms with Gasteiger partial charge in [0.05, 0.1) is 0 Å². The van der Waals surface area contributed by atoms with Crippen LogP contribution in [0.15, 0.2) is 0 Å². The van der Waals surface area contributed by atoms with E-state index >= 15 is 0 Å². The van der Waals surface area contributed by atoms with E-state index in [1.54, 1.807) is 0 Å². The number of hydrogen-bond acceptors (Lipinski definition) is 5. The Balaban J connectivity index is 3.30. The first-order chi connectivity index (χ1) is 8.37. The van der Waals surface area contributed by atoms with Gasteiger partial charge in [-0.2, -0.15) is 0 Å². The minimum absolute atomic E-state index is 0.0516. The van der Waals surface area contributed by atoms with Gasteiger partial charge in [0.15, 0.2) is 0 Å². The zero-order chi connectivity index (χ0) is 13.9. The molecule has 102 valence electrons. The number of hydrogen-bond donors (Lipinski definition) is 2. The molecule has 0 aliphatic rings. The van der Waals surface area contributed by atoms with Crippen molar-refractivity contribution in [3.05, 3.63) is 11.4 Å². The van der Waals surface area contributed by atoms with Crippen LogP contribution in [0.3, 0.4) is 0 Å². The third-order valence-corrected chi connectivity index (χ3v) is 3.71. The summed E-state index contributed by atoms with van der Waals surface area (Å²) in [5.41, 5.74) is 3.69. The Morgan fingerprint density at radius 3 is 2.33 bits per heavy atom. The van der Waals surface area contributed by atoms with Crippen LogP contribution >= 0.6 is 0 Å². The number of nitrogens with zero attached hydrogens (tertiary/aromatic N) is 3. The van der Waals surface area contributed by atoms with Gasteiger partial charge < -0.3 is 10.3 Å². The van der Waals surface area contributed by atoms with Gasteiger partial charge in [-0.15, -0.1) is 0 Å². The molecule has 0 spiro atoms. The van der Waals surface area contributed by atoms with Gasteiger partial charge in [0.1, 0.15) is 17.5 Å². The summed E-state index contributed by atoms with van der Waals surface area (Å²) in [5, 5.41) is 0. The topological polar surface area (TPSA) is 67.1 Å². The van der Waals surface area contributed by atoms with Crippen LogP contribution in [0.2, 0.25) is 0 Å². The van der Waals surface area contributed by atoms with Crippen LogP contribution in [-0.4, -0.2) is 22.6 Å². The van der Waals surface area contributed by atoms with Gasteiger partial charge in [-0.05, 0) is 27.2 Å². The lowest BCUT2D eigenvalue weighted by Crippen LogP contribution is -2.41. The Hall–Kier alpha value is -1.36. The highest BCUT2D eigenvalue weighted by atomic mass is 15.3. The lowest BCUT2D eigenvalue weighted by Gasteiger charge is -2.37. The summed E-state index contributed by atoms with van der Waals surface area (Å²) in [4.78, 5) is 11.2. The van der Waals surface area contributed by atoms with Crippen LogP contribution in [0.5, 0.6) is 0 Å². The maximum absolute atomic E-state index is 5.53. The molecule has 5 nitrogen and oxygen atoms in total. The third-order valence-electron chi connectivity index (χ3n) is 3.71. The van der Waals surface area contributed by atoms with E-state index in [9.17, 15) is 0 Å². The number of anilines is 2. The van der Waals surface area contributed by atoms with Crippen molar-refractivity contribution in [2.45, 2.75) is 53.0 Å². The second-order valence-corrected chi connectivity index (χ2v) is 5.16. The molecule has 0 saturated heterocycles. The predicted octanol–water partition coefficient (Wildman–Crippen LogP) is 2.26. The van der Waals surface area contributed by atoms with Gasteiger partial charge in [-0.25, -0.2) is 15.8 Å². The minimum atomic E-state index is 0.0516. The number of aryl methyl sites for hydroxylation is 1. The van der Waals surface area contributed by atoms with Crippen molar-refractivity contribution in [1.29, 1.82) is 0 Å². The lowest BCUT2D eigenvalue weighted by atomic mass is 9.99. The van der Waals surface area contributed by atoms with E-state index in [-0.39, 0.29) is 5.54 Å². The van der Waals surface area contributed by atoms with Crippen LogP contribution in [0.25, 0.3) is 0 Å². The Kier molecular flexibility index (Phi) is 4.51. The van der Waals surface area contributed by atoms with E-state index in [2.05, 4.69) is 48.1 Å². The molecule has 5 heteroatoms. The number of nitrogen functional groups attached to an aromatic ring is 1. The molecular weight excluding hydrogens is 226 g/mol. The molecule has 1 aromatic rings. The molecule has 0 saturated carbocycles. The molecule has 0 atom stereocenters. The summed E-state index contributed by atoms with van der Waals surface area (Å²) >= 11 is 0. The second kappa shape index (κ2) is 5.52. The molecule has 0 unspecified atom stereocenters. The molecule has 1 rings (SSSR count). The first kappa shape index (κ1) is 14.7. The normalized spacial score (nSPS) is 11.5. The lowest BCUT2D eigenvalue weighted by molar-refractivity contribution is 0.466. The van der Waals surface area contributed by atoms with Gasteiger partial charge in [-0.3, -0.25) is 0 Å². The smallest absolute Gasteiger partial charge is 0.148 e. The van der Waals surface area contributed by atoms with Gasteiger partial charge >= 0.3 is 0 Å². The molecule has 18 heavy (non-hydrogen) atoms. The van der Waals surface area contributed by atoms with Crippen LogP contribution in [0.4, 0.5) is 11.6 Å². The van der Waals surface area contributed by atoms with Crippen molar-refractivity contribution in [2.24, 2.45) is 5.84 Å². The van der Waals surface area contributed by atoms with Crippen LogP contribution < -0.4 is 16.2 Å². The number of aromatic nitrogens is 2. The zero-order valence-electron chi connectivity index (χ0n) is 12.3. The Bertz CT molecular complexity index is 414. The minimum Gasteiger partial charge on any atom is -0.354 e. The summed E-state index contributed by atoms with van der Waals surface area (Å²) in [5.74, 6) is 7.98. The van der Waals surface area contributed by atoms with Crippen molar-refractivity contribution in [2.75, 3.05) is 17.4 Å². The zero-order valence-corrected chi connectivity index (χ0v) is 12.3. The van der Waals surface area contributed by atoms with Crippen molar-refractivity contribution >= 4 is 11.6 Å². The number of nitrogens with two attached hydrogens (primary N) is 1. The first-order valence-electron chi connectivity index (χ1n) is 6.45. The average Bonchev–Trinajstić information content (AvgIpc) is 2.38. The highest BCUT2D eigenvalue weighted by molar-refractivity contribution is 5.58. The molecule has 1 aromatic heterocycles. The summed E-state index contributed by atoms with van der Waals surface area (Å²) in [7, 11) is 2.07. The van der Waals surface area contributed by atoms with E-state index < -0.39 is 0 Å². The molecule has 1 heterocycles. The molecule has 0 aromatic carbocycles. The fourth-order valence-corrected chi connectivity index (χ4v) is 1.70. The summed E-state index contributed by atoms with van der Waals surface area (Å²) in [6.45, 7) is 10.6. The molecule has 0 aliphatic carbocycles. The summed E-state index contributed by atoms with van der Waals surface area (Å²) < 4.78 is 0. The summed E-state index contributed by atoms with van der Waals surface area (Å²) in [6, 6.07) is 0. The van der Waals surface area contributed by atoms with Crippen LogP contribution in [0, 0.1) is 6.92 Å². The Morgan fingerprint density at radius 2 is 1.89 bits per heavy atom. The standard InChI is InChI=1S/C13H25N5/c1-7-10-15-11(17-14)9(3)12(16-10)18(6)13(4,5)8-2/h7-8,14H2,1-6H3,(H,15,16,17). The maximum Gasteiger partial charge on any atom is 0.148 e. The first-order valence-corrected chi connectivity index (χ1v) is 6.45. The average molecular weight is 251 g/mol. The van der Waals surface area contributed by atoms with Crippen LogP contribution in [-0.2, 0) is 6.42 Å². The van der Waals surface area contributed by atoms with Gasteiger partial charge in [-0.1, -0.05) is 13.8 Å². The van der Waals surface area contributed by atoms with Gasteiger partial charge in [0.2, 0.25) is 0 Å². The van der Waals surface area contributed by atoms with Crippen molar-refractivity contribution < 1.29 is 0 Å². The fraction of sp³-hybridized carbons (Fsp3) is 0.692. The quantitative estimate of drug-likeness (QED) is 0.620. The molecule has 0 fully saturated rings. The number of hydrazine groups is 1. The molecule has 0 amide bonds. The van der Waals surface area contributed by atoms with Crippen molar-refractivity contribution in [3.8, 4) is 0 Å². The Labute approximate surface area is 110 Å². The van der Waals surface area contributed by atoms with Crippen LogP contribution in [0.1, 0.15) is 45.5 Å². The van der Waals surface area contributed by atoms with Gasteiger partial charge in [0, 0.05) is 24.6 Å². The SMILES string of the molecule is CCc1nc(NN)c(C)c(N(C)C(C)(C)CC)n1. The largest absolute Gasteiger partial charge is 0.354 e. The third kappa shape index (κ3) is 2.72. The monoisotopic (exact) mass is 251 g/mol. The molecular formula is C13H25N5. The highest BCUT2D eigenvalue weighted by Crippen LogP contribution is 2.28. The van der Waals surface area contributed by atoms with Gasteiger partial charge in [0.25, 0.3) is 0 Å². The fourth-order valence-electron chi connectivity index (χ4n) is 1.70. The highest BCUT2D eigenvalue weighted by Gasteiger charge is 2.25. The van der Waals surface area contributed by atoms with Crippen molar-refractivity contribution in [1.82, 2.24) is 9.97 Å². The number of rotatable bonds is 5. The second-order valence-electron chi connectivity index (χ2n) is 5.16. The maximum atomic E-state index is 5.53. The van der Waals surface area contributed by atoms with E-state index in [1.807, 2.05) is 13.8 Å².